The molecule has 1 saturated heterocycles. The fourth-order valence-electron chi connectivity index (χ4n) is 2.96. The lowest BCUT2D eigenvalue weighted by Gasteiger charge is -2.17. The number of hydrogen-bond donors (Lipinski definition) is 0. The van der Waals surface area contributed by atoms with Crippen LogP contribution in [0.25, 0.3) is 0 Å². The number of carbonyl (C=O) groups is 1. The lowest BCUT2D eigenvalue weighted by atomic mass is 10.0. The van der Waals surface area contributed by atoms with Crippen molar-refractivity contribution in [2.45, 2.75) is 12.8 Å². The van der Waals surface area contributed by atoms with Crippen LogP contribution >= 0.6 is 11.6 Å². The molecule has 23 heavy (non-hydrogen) atoms. The van der Waals surface area contributed by atoms with E-state index in [2.05, 4.69) is 5.10 Å². The molecule has 1 fully saturated rings. The molecule has 1 aliphatic heterocycles. The number of aromatic nitrogens is 2. The van der Waals surface area contributed by atoms with Crippen LogP contribution in [0.2, 0.25) is 5.02 Å². The third-order valence-corrected chi connectivity index (χ3v) is 4.47. The summed E-state index contributed by atoms with van der Waals surface area (Å²) in [4.78, 5) is 14.0. The Hall–Kier alpha value is -1.95. The number of amides is 1. The summed E-state index contributed by atoms with van der Waals surface area (Å²) in [7, 11) is 1.86. The van der Waals surface area contributed by atoms with Crippen LogP contribution in [-0.4, -0.2) is 33.7 Å². The molecule has 0 N–H and O–H groups in total. The lowest BCUT2D eigenvalue weighted by Crippen LogP contribution is -2.29. The van der Waals surface area contributed by atoms with E-state index in [4.69, 9.17) is 11.6 Å². The van der Waals surface area contributed by atoms with Crippen LogP contribution in [-0.2, 0) is 13.5 Å². The van der Waals surface area contributed by atoms with Crippen molar-refractivity contribution in [3.8, 4) is 0 Å². The molecular weight excluding hydrogens is 324 g/mol. The minimum absolute atomic E-state index is 0.182. The number of halogens is 3. The van der Waals surface area contributed by atoms with Crippen molar-refractivity contribution in [3.63, 3.8) is 0 Å². The topological polar surface area (TPSA) is 38.1 Å². The molecule has 0 bridgehead atoms. The van der Waals surface area contributed by atoms with E-state index in [0.29, 0.717) is 19.0 Å². The molecule has 4 nitrogen and oxygen atoms in total. The zero-order valence-corrected chi connectivity index (χ0v) is 13.4. The fraction of sp³-hybridized carbons (Fsp3) is 0.375. The van der Waals surface area contributed by atoms with Gasteiger partial charge in [-0.3, -0.25) is 9.48 Å². The molecule has 1 aromatic heterocycles. The summed E-state index contributed by atoms with van der Waals surface area (Å²) in [5.74, 6) is -2.00. The van der Waals surface area contributed by atoms with Crippen LogP contribution in [0, 0.1) is 17.6 Å². The average Bonchev–Trinajstić information content (AvgIpc) is 3.14. The van der Waals surface area contributed by atoms with Gasteiger partial charge in [-0.05, 0) is 36.5 Å². The van der Waals surface area contributed by atoms with Crippen molar-refractivity contribution in [1.29, 1.82) is 0 Å². The summed E-state index contributed by atoms with van der Waals surface area (Å²) in [6.07, 6.45) is 5.43. The Kier molecular flexibility index (Phi) is 4.35. The van der Waals surface area contributed by atoms with Gasteiger partial charge in [0, 0.05) is 26.3 Å². The van der Waals surface area contributed by atoms with E-state index in [-0.39, 0.29) is 5.56 Å². The van der Waals surface area contributed by atoms with E-state index in [1.54, 1.807) is 9.58 Å². The summed E-state index contributed by atoms with van der Waals surface area (Å²) in [6, 6.07) is 2.16. The summed E-state index contributed by atoms with van der Waals surface area (Å²) in [5, 5.41) is 3.49. The minimum atomic E-state index is -0.993. The average molecular weight is 340 g/mol. The molecule has 0 saturated carbocycles. The monoisotopic (exact) mass is 339 g/mol. The highest BCUT2D eigenvalue weighted by molar-refractivity contribution is 6.31. The van der Waals surface area contributed by atoms with Crippen molar-refractivity contribution in [3.05, 3.63) is 52.3 Å². The maximum absolute atomic E-state index is 14.0. The number of nitrogens with zero attached hydrogens (tertiary/aromatic N) is 3. The van der Waals surface area contributed by atoms with Crippen LogP contribution in [0.1, 0.15) is 22.3 Å². The number of likely N-dealkylation sites (tertiary alicyclic amines) is 1. The standard InChI is InChI=1S/C16H16ClF2N3O/c1-21-8-11(7-20-21)6-10-4-5-22(9-10)16(23)12-2-3-13(18)14(17)15(12)19/h2-3,7-8,10H,4-6,9H2,1H3/t10-/m1/s1. The van der Waals surface area contributed by atoms with Gasteiger partial charge >= 0.3 is 0 Å². The van der Waals surface area contributed by atoms with E-state index in [9.17, 15) is 13.6 Å². The molecule has 122 valence electrons. The highest BCUT2D eigenvalue weighted by Crippen LogP contribution is 2.26. The highest BCUT2D eigenvalue weighted by atomic mass is 35.5. The molecule has 0 unspecified atom stereocenters. The number of hydrogen-bond acceptors (Lipinski definition) is 2. The molecule has 3 rings (SSSR count). The number of benzene rings is 1. The van der Waals surface area contributed by atoms with Crippen molar-refractivity contribution in [1.82, 2.24) is 14.7 Å². The fourth-order valence-corrected chi connectivity index (χ4v) is 3.12. The van der Waals surface area contributed by atoms with Crippen molar-refractivity contribution in [2.75, 3.05) is 13.1 Å². The largest absolute Gasteiger partial charge is 0.338 e. The highest BCUT2D eigenvalue weighted by Gasteiger charge is 2.29. The molecule has 7 heteroatoms. The van der Waals surface area contributed by atoms with Crippen molar-refractivity contribution in [2.24, 2.45) is 13.0 Å². The molecule has 0 aliphatic carbocycles. The van der Waals surface area contributed by atoms with Gasteiger partial charge in [-0.2, -0.15) is 5.10 Å². The van der Waals surface area contributed by atoms with E-state index in [1.165, 1.54) is 0 Å². The SMILES string of the molecule is Cn1cc(C[C@H]2CCN(C(=O)c3ccc(F)c(Cl)c3F)C2)cn1. The van der Waals surface area contributed by atoms with Gasteiger partial charge in [-0.15, -0.1) is 0 Å². The molecule has 1 amide bonds. The van der Waals surface area contributed by atoms with Crippen LogP contribution in [0.5, 0.6) is 0 Å². The number of carbonyl (C=O) groups excluding carboxylic acids is 1. The third-order valence-electron chi connectivity index (χ3n) is 4.12. The van der Waals surface area contributed by atoms with Gasteiger partial charge in [0.05, 0.1) is 11.8 Å². The summed E-state index contributed by atoms with van der Waals surface area (Å²) < 4.78 is 28.9. The van der Waals surface area contributed by atoms with Gasteiger partial charge in [-0.1, -0.05) is 11.6 Å². The molecule has 0 spiro atoms. The molecule has 2 aromatic rings. The third kappa shape index (κ3) is 3.22. The van der Waals surface area contributed by atoms with Crippen molar-refractivity contribution < 1.29 is 13.6 Å². The maximum atomic E-state index is 14.0. The predicted molar refractivity (Wildman–Crippen MR) is 82.3 cm³/mol. The lowest BCUT2D eigenvalue weighted by molar-refractivity contribution is 0.0782. The van der Waals surface area contributed by atoms with E-state index < -0.39 is 22.6 Å². The Morgan fingerprint density at radius 1 is 1.43 bits per heavy atom. The van der Waals surface area contributed by atoms with E-state index in [0.717, 1.165) is 30.5 Å². The van der Waals surface area contributed by atoms with E-state index >= 15 is 0 Å². The first-order valence-corrected chi connectivity index (χ1v) is 7.74. The molecule has 0 radical (unpaired) electrons. The normalized spacial score (nSPS) is 17.7. The first-order valence-electron chi connectivity index (χ1n) is 7.36. The van der Waals surface area contributed by atoms with Crippen LogP contribution in [0.4, 0.5) is 8.78 Å². The van der Waals surface area contributed by atoms with E-state index in [1.807, 2.05) is 19.4 Å². The summed E-state index contributed by atoms with van der Waals surface area (Å²) in [6.45, 7) is 1.10. The molecule has 2 heterocycles. The minimum Gasteiger partial charge on any atom is -0.338 e. The second-order valence-electron chi connectivity index (χ2n) is 5.86. The Bertz CT molecular complexity index is 747. The Balaban J connectivity index is 1.69. The van der Waals surface area contributed by atoms with Gasteiger partial charge < -0.3 is 4.90 Å². The second-order valence-corrected chi connectivity index (χ2v) is 6.23. The molecule has 1 aromatic carbocycles. The van der Waals surface area contributed by atoms with Gasteiger partial charge in [0.1, 0.15) is 10.8 Å². The Morgan fingerprint density at radius 3 is 2.91 bits per heavy atom. The zero-order chi connectivity index (χ0) is 16.6. The molecule has 1 aliphatic rings. The molecular formula is C16H16ClF2N3O. The number of rotatable bonds is 3. The van der Waals surface area contributed by atoms with Crippen LogP contribution < -0.4 is 0 Å². The Labute approximate surface area is 137 Å². The van der Waals surface area contributed by atoms with Crippen LogP contribution in [0.3, 0.4) is 0 Å². The summed E-state index contributed by atoms with van der Waals surface area (Å²) in [5.41, 5.74) is 0.932. The van der Waals surface area contributed by atoms with Gasteiger partial charge in [-0.25, -0.2) is 8.78 Å². The summed E-state index contributed by atoms with van der Waals surface area (Å²) >= 11 is 5.54. The first-order chi connectivity index (χ1) is 11.0. The number of aryl methyl sites for hydroxylation is 1. The predicted octanol–water partition coefficient (Wildman–Crippen LogP) is 3.06. The quantitative estimate of drug-likeness (QED) is 0.806. The zero-order valence-electron chi connectivity index (χ0n) is 12.6. The molecule has 1 atom stereocenters. The van der Waals surface area contributed by atoms with Crippen LogP contribution in [0.15, 0.2) is 24.5 Å². The van der Waals surface area contributed by atoms with Crippen molar-refractivity contribution >= 4 is 17.5 Å². The maximum Gasteiger partial charge on any atom is 0.256 e. The van der Waals surface area contributed by atoms with Gasteiger partial charge in [0.2, 0.25) is 0 Å². The first kappa shape index (κ1) is 15.9. The Morgan fingerprint density at radius 2 is 2.22 bits per heavy atom. The smallest absolute Gasteiger partial charge is 0.256 e. The second kappa shape index (κ2) is 6.28. The van der Waals surface area contributed by atoms with Gasteiger partial charge in [0.15, 0.2) is 5.82 Å². The van der Waals surface area contributed by atoms with Gasteiger partial charge in [0.25, 0.3) is 5.91 Å².